The van der Waals surface area contributed by atoms with Gasteiger partial charge in [-0.2, -0.15) is 0 Å². The van der Waals surface area contributed by atoms with E-state index in [-0.39, 0.29) is 11.7 Å². The van der Waals surface area contributed by atoms with Gasteiger partial charge in [0, 0.05) is 17.9 Å². The molecule has 1 N–H and O–H groups in total. The van der Waals surface area contributed by atoms with Crippen molar-refractivity contribution >= 4 is 11.0 Å². The third-order valence-electron chi connectivity index (χ3n) is 4.16. The van der Waals surface area contributed by atoms with Gasteiger partial charge in [-0.3, -0.25) is 4.90 Å². The summed E-state index contributed by atoms with van der Waals surface area (Å²) in [5.41, 5.74) is 2.30. The zero-order valence-electron chi connectivity index (χ0n) is 14.0. The predicted molar refractivity (Wildman–Crippen MR) is 88.0 cm³/mol. The molecule has 2 heterocycles. The summed E-state index contributed by atoms with van der Waals surface area (Å²) < 4.78 is 16.9. The van der Waals surface area contributed by atoms with Crippen molar-refractivity contribution in [1.29, 1.82) is 0 Å². The Labute approximate surface area is 135 Å². The van der Waals surface area contributed by atoms with Crippen molar-refractivity contribution in [2.45, 2.75) is 39.8 Å². The summed E-state index contributed by atoms with van der Waals surface area (Å²) in [7, 11) is 0. The molecule has 0 radical (unpaired) electrons. The van der Waals surface area contributed by atoms with Gasteiger partial charge in [-0.1, -0.05) is 0 Å². The summed E-state index contributed by atoms with van der Waals surface area (Å²) in [6.45, 7) is 9.20. The number of quaternary nitrogens is 1. The molecule has 0 saturated carbocycles. The van der Waals surface area contributed by atoms with Crippen molar-refractivity contribution in [2.24, 2.45) is 0 Å². The molecule has 1 aliphatic heterocycles. The lowest BCUT2D eigenvalue weighted by Crippen LogP contribution is -3.12. The quantitative estimate of drug-likeness (QED) is 0.673. The average Bonchev–Trinajstić information content (AvgIpc) is 2.51. The summed E-state index contributed by atoms with van der Waals surface area (Å²) >= 11 is 0. The molecule has 5 nitrogen and oxygen atoms in total. The van der Waals surface area contributed by atoms with Gasteiger partial charge in [0.05, 0.1) is 24.8 Å². The Kier molecular flexibility index (Phi) is 4.68. The van der Waals surface area contributed by atoms with Crippen molar-refractivity contribution in [1.82, 2.24) is 0 Å². The lowest BCUT2D eigenvalue weighted by Gasteiger charge is -2.26. The monoisotopic (exact) mass is 318 g/mol. The minimum absolute atomic E-state index is 0.268. The van der Waals surface area contributed by atoms with Crippen LogP contribution in [-0.2, 0) is 11.3 Å². The maximum atomic E-state index is 11.7. The van der Waals surface area contributed by atoms with Crippen LogP contribution in [0.25, 0.3) is 11.0 Å². The molecule has 1 atom stereocenters. The molecule has 1 unspecified atom stereocenters. The summed E-state index contributed by atoms with van der Waals surface area (Å²) in [5.74, 6) is 0.827. The van der Waals surface area contributed by atoms with Crippen LogP contribution in [0.3, 0.4) is 0 Å². The maximum absolute atomic E-state index is 11.7. The minimum Gasteiger partial charge on any atom is -0.445 e. The van der Waals surface area contributed by atoms with E-state index < -0.39 is 0 Å². The van der Waals surface area contributed by atoms with Crippen LogP contribution in [0.2, 0.25) is 0 Å². The lowest BCUT2D eigenvalue weighted by molar-refractivity contribution is -0.932. The first-order valence-electron chi connectivity index (χ1n) is 8.19. The van der Waals surface area contributed by atoms with Gasteiger partial charge in [0.2, 0.25) is 6.73 Å². The van der Waals surface area contributed by atoms with Gasteiger partial charge < -0.3 is 13.9 Å². The summed E-state index contributed by atoms with van der Waals surface area (Å²) in [6.07, 6.45) is 1.25. The highest BCUT2D eigenvalue weighted by molar-refractivity contribution is 5.84. The first kappa shape index (κ1) is 16.0. The van der Waals surface area contributed by atoms with E-state index in [1.807, 2.05) is 32.9 Å². The van der Waals surface area contributed by atoms with Gasteiger partial charge in [-0.15, -0.1) is 0 Å². The van der Waals surface area contributed by atoms with Gasteiger partial charge in [-0.05, 0) is 38.5 Å². The Morgan fingerprint density at radius 2 is 2.17 bits per heavy atom. The molecule has 0 fully saturated rings. The molecule has 1 aromatic heterocycles. The number of fused-ring (bicyclic) bond motifs is 3. The second-order valence-electron chi connectivity index (χ2n) is 6.41. The standard InChI is InChI=1S/C18H23NO4/c1-12(2)21-8-4-7-19-10-15-16(22-11-19)6-5-14-13(3)9-17(20)23-18(14)15/h5-6,9,12H,4,7-8,10-11H2,1-3H3/p+1. The van der Waals surface area contributed by atoms with Crippen LogP contribution in [0.5, 0.6) is 5.75 Å². The molecule has 2 aromatic rings. The number of benzene rings is 1. The van der Waals surface area contributed by atoms with Crippen molar-refractivity contribution in [3.05, 3.63) is 39.7 Å². The third-order valence-corrected chi connectivity index (χ3v) is 4.16. The normalized spacial score (nSPS) is 17.3. The van der Waals surface area contributed by atoms with E-state index in [0.717, 1.165) is 48.4 Å². The van der Waals surface area contributed by atoms with Crippen molar-refractivity contribution in [3.63, 3.8) is 0 Å². The molecule has 5 heteroatoms. The molecule has 1 aliphatic rings. The maximum Gasteiger partial charge on any atom is 0.336 e. The zero-order valence-corrected chi connectivity index (χ0v) is 14.0. The molecule has 3 rings (SSSR count). The Bertz CT molecular complexity index is 751. The van der Waals surface area contributed by atoms with Crippen molar-refractivity contribution in [2.75, 3.05) is 19.9 Å². The second-order valence-corrected chi connectivity index (χ2v) is 6.41. The molecule has 0 bridgehead atoms. The van der Waals surface area contributed by atoms with Crippen LogP contribution in [0.4, 0.5) is 0 Å². The van der Waals surface area contributed by atoms with Gasteiger partial charge >= 0.3 is 5.63 Å². The van der Waals surface area contributed by atoms with Gasteiger partial charge in [0.1, 0.15) is 12.3 Å². The largest absolute Gasteiger partial charge is 0.445 e. The lowest BCUT2D eigenvalue weighted by atomic mass is 10.0. The first-order valence-corrected chi connectivity index (χ1v) is 8.19. The fourth-order valence-corrected chi connectivity index (χ4v) is 3.01. The molecule has 0 amide bonds. The first-order chi connectivity index (χ1) is 11.0. The summed E-state index contributed by atoms with van der Waals surface area (Å²) in [4.78, 5) is 13.0. The Morgan fingerprint density at radius 1 is 1.35 bits per heavy atom. The van der Waals surface area contributed by atoms with E-state index in [1.54, 1.807) is 0 Å². The zero-order chi connectivity index (χ0) is 16.4. The fraction of sp³-hybridized carbons (Fsp3) is 0.500. The van der Waals surface area contributed by atoms with Crippen molar-refractivity contribution < 1.29 is 18.8 Å². The molecule has 23 heavy (non-hydrogen) atoms. The molecule has 0 spiro atoms. The molecule has 0 aliphatic carbocycles. The number of ether oxygens (including phenoxy) is 2. The third kappa shape index (κ3) is 3.57. The highest BCUT2D eigenvalue weighted by atomic mass is 16.5. The number of hydrogen-bond donors (Lipinski definition) is 1. The van der Waals surface area contributed by atoms with Gasteiger partial charge in [0.15, 0.2) is 5.58 Å². The van der Waals surface area contributed by atoms with E-state index in [1.165, 1.54) is 11.0 Å². The van der Waals surface area contributed by atoms with E-state index in [0.29, 0.717) is 12.3 Å². The fourth-order valence-electron chi connectivity index (χ4n) is 3.01. The Morgan fingerprint density at radius 3 is 2.96 bits per heavy atom. The number of nitrogens with one attached hydrogen (secondary N) is 1. The van der Waals surface area contributed by atoms with Crippen LogP contribution >= 0.6 is 0 Å². The molecule has 1 aromatic carbocycles. The van der Waals surface area contributed by atoms with Crippen LogP contribution < -0.4 is 15.3 Å². The number of rotatable bonds is 5. The topological polar surface area (TPSA) is 53.1 Å². The summed E-state index contributed by atoms with van der Waals surface area (Å²) in [6, 6.07) is 5.48. The highest BCUT2D eigenvalue weighted by Gasteiger charge is 2.24. The van der Waals surface area contributed by atoms with Crippen LogP contribution in [0, 0.1) is 6.92 Å². The molecule has 124 valence electrons. The smallest absolute Gasteiger partial charge is 0.336 e. The van der Waals surface area contributed by atoms with Crippen LogP contribution in [0.1, 0.15) is 31.4 Å². The van der Waals surface area contributed by atoms with E-state index in [4.69, 9.17) is 13.9 Å². The predicted octanol–water partition coefficient (Wildman–Crippen LogP) is 1.65. The average molecular weight is 318 g/mol. The minimum atomic E-state index is -0.305. The van der Waals surface area contributed by atoms with Gasteiger partial charge in [0.25, 0.3) is 0 Å². The Balaban J connectivity index is 1.79. The molecular weight excluding hydrogens is 294 g/mol. The van der Waals surface area contributed by atoms with E-state index in [9.17, 15) is 4.79 Å². The number of hydrogen-bond acceptors (Lipinski definition) is 4. The van der Waals surface area contributed by atoms with Crippen LogP contribution in [0.15, 0.2) is 27.4 Å². The van der Waals surface area contributed by atoms with E-state index in [2.05, 4.69) is 0 Å². The van der Waals surface area contributed by atoms with Gasteiger partial charge in [-0.25, -0.2) is 4.79 Å². The number of aryl methyl sites for hydroxylation is 1. The highest BCUT2D eigenvalue weighted by Crippen LogP contribution is 2.29. The molecular formula is C18H24NO4+. The second kappa shape index (κ2) is 6.72. The summed E-state index contributed by atoms with van der Waals surface area (Å²) in [5, 5.41) is 0.983. The molecule has 0 saturated heterocycles. The van der Waals surface area contributed by atoms with Crippen LogP contribution in [-0.4, -0.2) is 26.0 Å². The SMILES string of the molecule is Cc1cc(=O)oc2c3c(ccc12)OC[NH+](CCCOC(C)C)C3. The van der Waals surface area contributed by atoms with Crippen molar-refractivity contribution in [3.8, 4) is 5.75 Å². The van der Waals surface area contributed by atoms with E-state index >= 15 is 0 Å². The Hall–Kier alpha value is -1.85.